The molecule has 0 aliphatic heterocycles. The summed E-state index contributed by atoms with van der Waals surface area (Å²) in [6, 6.07) is 4.35. The van der Waals surface area contributed by atoms with Gasteiger partial charge in [-0.05, 0) is 25.0 Å². The predicted octanol–water partition coefficient (Wildman–Crippen LogP) is 2.71. The molecule has 0 bridgehead atoms. The smallest absolute Gasteiger partial charge is 0.348 e. The van der Waals surface area contributed by atoms with E-state index in [0.29, 0.717) is 6.42 Å². The molecular formula is C14H17F3N2O. The van der Waals surface area contributed by atoms with E-state index in [9.17, 15) is 18.0 Å². The molecule has 0 spiro atoms. The van der Waals surface area contributed by atoms with Crippen molar-refractivity contribution in [3.8, 4) is 0 Å². The van der Waals surface area contributed by atoms with Crippen LogP contribution in [-0.4, -0.2) is 18.0 Å². The molecule has 3 nitrogen and oxygen atoms in total. The van der Waals surface area contributed by atoms with Crippen LogP contribution in [0.4, 0.5) is 13.2 Å². The molecule has 6 heteroatoms. The van der Waals surface area contributed by atoms with Gasteiger partial charge in [0.15, 0.2) is 0 Å². The van der Waals surface area contributed by atoms with Crippen LogP contribution in [0, 0.1) is 0 Å². The topological polar surface area (TPSA) is 55.1 Å². The Hall–Kier alpha value is -1.56. The zero-order valence-electron chi connectivity index (χ0n) is 10.9. The Kier molecular flexibility index (Phi) is 4.32. The molecule has 1 aromatic carbocycles. The standard InChI is InChI=1S/C14H17F3N2O/c15-14(16,17)10-6-2-1-5-9(10)13(20)19-12-8-4-3-7-11(12)18/h1-2,5-6,11-12H,3-4,7-8,18H2,(H,19,20). The maximum Gasteiger partial charge on any atom is 0.417 e. The van der Waals surface area contributed by atoms with E-state index in [1.807, 2.05) is 0 Å². The number of nitrogens with two attached hydrogens (primary N) is 1. The van der Waals surface area contributed by atoms with Crippen molar-refractivity contribution in [2.24, 2.45) is 5.73 Å². The Labute approximate surface area is 115 Å². The highest BCUT2D eigenvalue weighted by atomic mass is 19.4. The van der Waals surface area contributed by atoms with E-state index in [1.165, 1.54) is 18.2 Å². The summed E-state index contributed by atoms with van der Waals surface area (Å²) in [7, 11) is 0. The number of amides is 1. The molecular weight excluding hydrogens is 269 g/mol. The van der Waals surface area contributed by atoms with Crippen molar-refractivity contribution in [2.75, 3.05) is 0 Å². The number of rotatable bonds is 2. The molecule has 0 radical (unpaired) electrons. The van der Waals surface area contributed by atoms with Crippen molar-refractivity contribution in [3.63, 3.8) is 0 Å². The summed E-state index contributed by atoms with van der Waals surface area (Å²) in [5.74, 6) is -0.708. The Morgan fingerprint density at radius 1 is 1.20 bits per heavy atom. The lowest BCUT2D eigenvalue weighted by Crippen LogP contribution is -2.49. The number of benzene rings is 1. The van der Waals surface area contributed by atoms with Crippen molar-refractivity contribution >= 4 is 5.91 Å². The van der Waals surface area contributed by atoms with Gasteiger partial charge in [-0.3, -0.25) is 4.79 Å². The maximum absolute atomic E-state index is 12.9. The third-order valence-electron chi connectivity index (χ3n) is 3.61. The monoisotopic (exact) mass is 286 g/mol. The SMILES string of the molecule is NC1CCCCC1NC(=O)c1ccccc1C(F)(F)F. The summed E-state index contributed by atoms with van der Waals surface area (Å²) in [4.78, 5) is 12.1. The summed E-state index contributed by atoms with van der Waals surface area (Å²) in [6.45, 7) is 0. The normalized spacial score (nSPS) is 23.4. The predicted molar refractivity (Wildman–Crippen MR) is 69.1 cm³/mol. The first-order chi connectivity index (χ1) is 9.39. The van der Waals surface area contributed by atoms with Gasteiger partial charge in [-0.25, -0.2) is 0 Å². The van der Waals surface area contributed by atoms with Gasteiger partial charge < -0.3 is 11.1 Å². The molecule has 0 aromatic heterocycles. The maximum atomic E-state index is 12.9. The minimum atomic E-state index is -4.54. The fourth-order valence-corrected chi connectivity index (χ4v) is 2.51. The van der Waals surface area contributed by atoms with Crippen LogP contribution in [0.1, 0.15) is 41.6 Å². The van der Waals surface area contributed by atoms with Gasteiger partial charge in [0.1, 0.15) is 0 Å². The molecule has 2 rings (SSSR count). The lowest BCUT2D eigenvalue weighted by atomic mass is 9.90. The van der Waals surface area contributed by atoms with Crippen LogP contribution in [0.25, 0.3) is 0 Å². The largest absolute Gasteiger partial charge is 0.417 e. The second-order valence-corrected chi connectivity index (χ2v) is 5.07. The number of carbonyl (C=O) groups excluding carboxylic acids is 1. The van der Waals surface area contributed by atoms with Crippen LogP contribution < -0.4 is 11.1 Å². The second-order valence-electron chi connectivity index (χ2n) is 5.07. The van der Waals surface area contributed by atoms with E-state index in [0.717, 1.165) is 25.3 Å². The van der Waals surface area contributed by atoms with Gasteiger partial charge >= 0.3 is 6.18 Å². The number of carbonyl (C=O) groups is 1. The van der Waals surface area contributed by atoms with E-state index >= 15 is 0 Å². The van der Waals surface area contributed by atoms with Gasteiger partial charge in [0.05, 0.1) is 11.1 Å². The number of hydrogen-bond acceptors (Lipinski definition) is 2. The number of hydrogen-bond donors (Lipinski definition) is 2. The van der Waals surface area contributed by atoms with E-state index in [-0.39, 0.29) is 17.6 Å². The third-order valence-corrected chi connectivity index (χ3v) is 3.61. The highest BCUT2D eigenvalue weighted by Crippen LogP contribution is 2.32. The Bertz CT molecular complexity index is 488. The van der Waals surface area contributed by atoms with Crippen LogP contribution in [0.15, 0.2) is 24.3 Å². The highest BCUT2D eigenvalue weighted by molar-refractivity contribution is 5.96. The Balaban J connectivity index is 2.17. The van der Waals surface area contributed by atoms with E-state index in [2.05, 4.69) is 5.32 Å². The summed E-state index contributed by atoms with van der Waals surface area (Å²) >= 11 is 0. The quantitative estimate of drug-likeness (QED) is 0.878. The van der Waals surface area contributed by atoms with Crippen molar-refractivity contribution in [1.82, 2.24) is 5.32 Å². The van der Waals surface area contributed by atoms with Crippen molar-refractivity contribution in [2.45, 2.75) is 43.9 Å². The van der Waals surface area contributed by atoms with Crippen LogP contribution in [-0.2, 0) is 6.18 Å². The van der Waals surface area contributed by atoms with E-state index < -0.39 is 17.6 Å². The molecule has 1 amide bonds. The van der Waals surface area contributed by atoms with Crippen LogP contribution in [0.2, 0.25) is 0 Å². The summed E-state index contributed by atoms with van der Waals surface area (Å²) in [6.07, 6.45) is -1.12. The Morgan fingerprint density at radius 2 is 1.85 bits per heavy atom. The summed E-state index contributed by atoms with van der Waals surface area (Å²) in [5.41, 5.74) is 4.63. The molecule has 3 N–H and O–H groups in total. The number of halogens is 3. The molecule has 1 aliphatic rings. The minimum Gasteiger partial charge on any atom is -0.348 e. The zero-order chi connectivity index (χ0) is 14.8. The second kappa shape index (κ2) is 5.83. The van der Waals surface area contributed by atoms with Gasteiger partial charge in [0, 0.05) is 12.1 Å². The fourth-order valence-electron chi connectivity index (χ4n) is 2.51. The number of alkyl halides is 3. The molecule has 2 unspecified atom stereocenters. The van der Waals surface area contributed by atoms with Crippen LogP contribution >= 0.6 is 0 Å². The molecule has 1 aromatic rings. The Morgan fingerprint density at radius 3 is 2.50 bits per heavy atom. The van der Waals surface area contributed by atoms with E-state index in [1.54, 1.807) is 0 Å². The van der Waals surface area contributed by atoms with Crippen LogP contribution in [0.5, 0.6) is 0 Å². The summed E-state index contributed by atoms with van der Waals surface area (Å²) < 4.78 is 38.6. The van der Waals surface area contributed by atoms with E-state index in [4.69, 9.17) is 5.73 Å². The first kappa shape index (κ1) is 14.8. The zero-order valence-corrected chi connectivity index (χ0v) is 10.9. The molecule has 1 fully saturated rings. The molecule has 0 heterocycles. The molecule has 1 saturated carbocycles. The van der Waals surface area contributed by atoms with Crippen molar-refractivity contribution in [1.29, 1.82) is 0 Å². The van der Waals surface area contributed by atoms with Crippen molar-refractivity contribution in [3.05, 3.63) is 35.4 Å². The lowest BCUT2D eigenvalue weighted by Gasteiger charge is -2.29. The fraction of sp³-hybridized carbons (Fsp3) is 0.500. The van der Waals surface area contributed by atoms with Crippen LogP contribution in [0.3, 0.4) is 0 Å². The third kappa shape index (κ3) is 3.30. The first-order valence-electron chi connectivity index (χ1n) is 6.62. The molecule has 2 atom stereocenters. The molecule has 110 valence electrons. The van der Waals surface area contributed by atoms with Crippen molar-refractivity contribution < 1.29 is 18.0 Å². The average molecular weight is 286 g/mol. The molecule has 1 aliphatic carbocycles. The van der Waals surface area contributed by atoms with Gasteiger partial charge in [-0.2, -0.15) is 13.2 Å². The van der Waals surface area contributed by atoms with Gasteiger partial charge in [0.2, 0.25) is 0 Å². The summed E-state index contributed by atoms with van der Waals surface area (Å²) in [5, 5.41) is 2.63. The van der Waals surface area contributed by atoms with Gasteiger partial charge in [-0.15, -0.1) is 0 Å². The molecule has 20 heavy (non-hydrogen) atoms. The van der Waals surface area contributed by atoms with Gasteiger partial charge in [0.25, 0.3) is 5.91 Å². The number of nitrogens with one attached hydrogen (secondary N) is 1. The van der Waals surface area contributed by atoms with Gasteiger partial charge in [-0.1, -0.05) is 25.0 Å². The lowest BCUT2D eigenvalue weighted by molar-refractivity contribution is -0.137. The highest BCUT2D eigenvalue weighted by Gasteiger charge is 2.35. The average Bonchev–Trinajstić information content (AvgIpc) is 2.40. The minimum absolute atomic E-state index is 0.189. The molecule has 0 saturated heterocycles. The first-order valence-corrected chi connectivity index (χ1v) is 6.62.